The molecule has 55 heavy (non-hydrogen) atoms. The molecule has 0 aliphatic carbocycles. The molecule has 0 aromatic heterocycles. The van der Waals surface area contributed by atoms with Gasteiger partial charge in [0.2, 0.25) is 23.6 Å². The third-order valence-corrected chi connectivity index (χ3v) is 10.2. The van der Waals surface area contributed by atoms with Gasteiger partial charge in [0.05, 0.1) is 11.3 Å². The van der Waals surface area contributed by atoms with Crippen molar-refractivity contribution >= 4 is 52.8 Å². The number of carbonyl (C=O) groups is 6. The van der Waals surface area contributed by atoms with E-state index >= 15 is 0 Å². The number of nitrogens with two attached hydrogens (primary N) is 1. The number of hydrogen-bond acceptors (Lipinski definition) is 10. The molecular weight excluding hydrogens is 708 g/mol. The molecule has 2 saturated heterocycles. The number of amidine groups is 1. The van der Waals surface area contributed by atoms with E-state index in [4.69, 9.17) is 11.1 Å². The van der Waals surface area contributed by atoms with Crippen LogP contribution in [0, 0.1) is 5.41 Å². The van der Waals surface area contributed by atoms with Crippen LogP contribution in [0.1, 0.15) is 78.1 Å². The number of phenolic OH excluding ortho intramolecular Hbond substituents is 2. The SMILES string of the molecule is CC(C)c1cc(C(=N)N(C(N)=O)c2ccc(CN3CCN(C(=O)CCC(=O)Nc4cccc5c4CN(C4CCC(=O)NC4=O)C5=O)CC3)cc2)c(O)cc1O. The van der Waals surface area contributed by atoms with E-state index in [1.807, 2.05) is 26.0 Å². The number of aromatic hydroxyl groups is 2. The first-order valence-electron chi connectivity index (χ1n) is 18.1. The van der Waals surface area contributed by atoms with Crippen molar-refractivity contribution in [3.05, 3.63) is 82.4 Å². The Balaban J connectivity index is 0.980. The topological polar surface area (TPSA) is 230 Å². The van der Waals surface area contributed by atoms with Gasteiger partial charge in [-0.3, -0.25) is 39.6 Å². The number of rotatable bonds is 10. The van der Waals surface area contributed by atoms with Gasteiger partial charge in [-0.05, 0) is 53.8 Å². The number of piperidine rings is 1. The molecule has 3 aromatic rings. The number of piperazine rings is 1. The van der Waals surface area contributed by atoms with Gasteiger partial charge in [0, 0.05) is 81.4 Å². The minimum atomic E-state index is -0.909. The Morgan fingerprint density at radius 1 is 0.982 bits per heavy atom. The quantitative estimate of drug-likeness (QED) is 0.101. The lowest BCUT2D eigenvalue weighted by Crippen LogP contribution is -2.52. The highest BCUT2D eigenvalue weighted by Crippen LogP contribution is 2.34. The Kier molecular flexibility index (Phi) is 11.2. The third-order valence-electron chi connectivity index (χ3n) is 10.2. The van der Waals surface area contributed by atoms with Gasteiger partial charge in [0.15, 0.2) is 0 Å². The van der Waals surface area contributed by atoms with E-state index in [0.717, 1.165) is 16.5 Å². The molecule has 16 nitrogen and oxygen atoms in total. The van der Waals surface area contributed by atoms with Crippen molar-refractivity contribution in [2.75, 3.05) is 36.4 Å². The molecule has 7 amide bonds. The highest BCUT2D eigenvalue weighted by Gasteiger charge is 2.40. The average Bonchev–Trinajstić information content (AvgIpc) is 3.47. The minimum absolute atomic E-state index is 0.00964. The Morgan fingerprint density at radius 3 is 2.35 bits per heavy atom. The normalized spacial score (nSPS) is 17.2. The molecule has 0 radical (unpaired) electrons. The summed E-state index contributed by atoms with van der Waals surface area (Å²) in [6.07, 6.45) is 0.331. The molecule has 3 aliphatic heterocycles. The summed E-state index contributed by atoms with van der Waals surface area (Å²) in [5.74, 6) is -2.65. The number of hydrogen-bond donors (Lipinski definition) is 6. The zero-order valence-electron chi connectivity index (χ0n) is 30.6. The second-order valence-electron chi connectivity index (χ2n) is 14.2. The first-order valence-corrected chi connectivity index (χ1v) is 18.1. The summed E-state index contributed by atoms with van der Waals surface area (Å²) in [4.78, 5) is 81.9. The molecule has 16 heteroatoms. The summed E-state index contributed by atoms with van der Waals surface area (Å²) < 4.78 is 0. The number of anilines is 2. The summed E-state index contributed by atoms with van der Waals surface area (Å²) in [7, 11) is 0. The van der Waals surface area contributed by atoms with E-state index in [9.17, 15) is 39.0 Å². The molecule has 1 atom stereocenters. The fourth-order valence-corrected chi connectivity index (χ4v) is 7.19. The number of phenols is 2. The van der Waals surface area contributed by atoms with Gasteiger partial charge >= 0.3 is 6.03 Å². The Hall–Kier alpha value is -6.29. The van der Waals surface area contributed by atoms with Gasteiger partial charge in [-0.15, -0.1) is 0 Å². The number of urea groups is 1. The van der Waals surface area contributed by atoms with Gasteiger partial charge in [-0.1, -0.05) is 32.0 Å². The summed E-state index contributed by atoms with van der Waals surface area (Å²) in [6.45, 7) is 6.56. The molecule has 2 fully saturated rings. The molecule has 0 bridgehead atoms. The van der Waals surface area contributed by atoms with Crippen molar-refractivity contribution < 1.29 is 39.0 Å². The van der Waals surface area contributed by atoms with Gasteiger partial charge in [-0.25, -0.2) is 9.69 Å². The summed E-state index contributed by atoms with van der Waals surface area (Å²) in [5.41, 5.74) is 8.90. The zero-order chi connectivity index (χ0) is 39.6. The number of primary amides is 1. The predicted octanol–water partition coefficient (Wildman–Crippen LogP) is 2.96. The van der Waals surface area contributed by atoms with Crippen LogP contribution in [0.4, 0.5) is 16.2 Å². The van der Waals surface area contributed by atoms with Crippen molar-refractivity contribution in [2.24, 2.45) is 5.73 Å². The number of fused-ring (bicyclic) bond motifs is 1. The second-order valence-corrected chi connectivity index (χ2v) is 14.2. The van der Waals surface area contributed by atoms with Gasteiger partial charge in [0.25, 0.3) is 5.91 Å². The second kappa shape index (κ2) is 16.0. The summed E-state index contributed by atoms with van der Waals surface area (Å²) in [6, 6.07) is 12.9. The number of nitrogens with zero attached hydrogens (tertiary/aromatic N) is 4. The molecule has 3 aromatic carbocycles. The summed E-state index contributed by atoms with van der Waals surface area (Å²) >= 11 is 0. The molecule has 7 N–H and O–H groups in total. The van der Waals surface area contributed by atoms with Crippen LogP contribution in [0.5, 0.6) is 11.5 Å². The zero-order valence-corrected chi connectivity index (χ0v) is 30.6. The van der Waals surface area contributed by atoms with Crippen LogP contribution in [0.15, 0.2) is 54.6 Å². The summed E-state index contributed by atoms with van der Waals surface area (Å²) in [5, 5.41) is 34.5. The van der Waals surface area contributed by atoms with Crippen LogP contribution in [-0.4, -0.2) is 98.5 Å². The smallest absolute Gasteiger partial charge is 0.325 e. The Morgan fingerprint density at radius 2 is 1.69 bits per heavy atom. The van der Waals surface area contributed by atoms with Crippen molar-refractivity contribution in [1.82, 2.24) is 20.0 Å². The fourth-order valence-electron chi connectivity index (χ4n) is 7.19. The number of carbonyl (C=O) groups excluding carboxylic acids is 6. The molecule has 3 aliphatic rings. The lowest BCUT2D eigenvalue weighted by atomic mass is 9.98. The third kappa shape index (κ3) is 8.28. The molecule has 288 valence electrons. The van der Waals surface area contributed by atoms with Gasteiger partial charge in [-0.2, -0.15) is 0 Å². The number of imide groups is 1. The van der Waals surface area contributed by atoms with Crippen LogP contribution in [0.2, 0.25) is 0 Å². The maximum absolute atomic E-state index is 13.1. The highest BCUT2D eigenvalue weighted by molar-refractivity contribution is 6.22. The Bertz CT molecular complexity index is 2060. The molecule has 0 saturated carbocycles. The number of benzene rings is 3. The first-order chi connectivity index (χ1) is 26.2. The van der Waals surface area contributed by atoms with Crippen LogP contribution in [0.3, 0.4) is 0 Å². The maximum atomic E-state index is 13.1. The molecular formula is C39H44N8O8. The van der Waals surface area contributed by atoms with Crippen LogP contribution in [0.25, 0.3) is 0 Å². The van der Waals surface area contributed by atoms with Gasteiger partial charge < -0.3 is 31.1 Å². The van der Waals surface area contributed by atoms with Crippen molar-refractivity contribution in [2.45, 2.75) is 64.6 Å². The lowest BCUT2D eigenvalue weighted by molar-refractivity contribution is -0.137. The van der Waals surface area contributed by atoms with Crippen LogP contribution in [-0.2, 0) is 32.3 Å². The minimum Gasteiger partial charge on any atom is -0.508 e. The van der Waals surface area contributed by atoms with E-state index < -0.39 is 18.0 Å². The van der Waals surface area contributed by atoms with E-state index in [2.05, 4.69) is 15.5 Å². The fraction of sp³-hybridized carbons (Fsp3) is 0.359. The molecule has 0 spiro atoms. The highest BCUT2D eigenvalue weighted by atomic mass is 16.3. The predicted molar refractivity (Wildman–Crippen MR) is 201 cm³/mol. The van der Waals surface area contributed by atoms with Gasteiger partial charge in [0.1, 0.15) is 23.4 Å². The standard InChI is InChI=1S/C39H44N8O8/c1-22(2)26-18-27(32(49)19-31(26)48)36(40)47(39(41)55)24-8-6-23(7-9-24)20-44-14-16-45(17-15-44)35(52)13-12-33(50)42-29-5-3-4-25-28(29)21-46(38(25)54)30-10-11-34(51)43-37(30)53/h3-9,18-19,22,30,40,48-49H,10-17,20-21H2,1-2H3,(H2,41,55)(H,42,50)(H,43,51,53). The Labute approximate surface area is 317 Å². The average molecular weight is 753 g/mol. The largest absolute Gasteiger partial charge is 0.508 e. The molecule has 6 rings (SSSR count). The molecule has 1 unspecified atom stereocenters. The van der Waals surface area contributed by atoms with E-state index in [-0.39, 0.29) is 84.7 Å². The van der Waals surface area contributed by atoms with Crippen molar-refractivity contribution in [3.8, 4) is 11.5 Å². The maximum Gasteiger partial charge on any atom is 0.325 e. The van der Waals surface area contributed by atoms with E-state index in [1.54, 1.807) is 35.2 Å². The monoisotopic (exact) mass is 752 g/mol. The first kappa shape index (κ1) is 38.4. The van der Waals surface area contributed by atoms with Crippen LogP contribution < -0.4 is 21.3 Å². The number of nitrogens with one attached hydrogen (secondary N) is 3. The van der Waals surface area contributed by atoms with Crippen molar-refractivity contribution in [1.29, 1.82) is 5.41 Å². The number of amides is 7. The lowest BCUT2D eigenvalue weighted by Gasteiger charge is -2.35. The molecule has 3 heterocycles. The van der Waals surface area contributed by atoms with Crippen LogP contribution >= 0.6 is 0 Å². The van der Waals surface area contributed by atoms with E-state index in [1.165, 1.54) is 11.0 Å². The van der Waals surface area contributed by atoms with Crippen molar-refractivity contribution in [3.63, 3.8) is 0 Å². The van der Waals surface area contributed by atoms with E-state index in [0.29, 0.717) is 60.8 Å².